The van der Waals surface area contributed by atoms with Gasteiger partial charge in [0.1, 0.15) is 5.82 Å². The summed E-state index contributed by atoms with van der Waals surface area (Å²) in [5.41, 5.74) is 0.956. The summed E-state index contributed by atoms with van der Waals surface area (Å²) >= 11 is 0. The van der Waals surface area contributed by atoms with E-state index in [0.29, 0.717) is 50.6 Å². The van der Waals surface area contributed by atoms with Crippen LogP contribution in [-0.2, 0) is 11.2 Å². The summed E-state index contributed by atoms with van der Waals surface area (Å²) in [6.07, 6.45) is 0.860. The van der Waals surface area contributed by atoms with Crippen LogP contribution in [0.4, 0.5) is 4.39 Å². The SMILES string of the molecule is O=C(CCc1ccc(F)cc1)N1C[C@H]2C[C@H](O)[C@@H](O)C[C@H]2C1. The van der Waals surface area contributed by atoms with Crippen LogP contribution >= 0.6 is 0 Å². The average Bonchev–Trinajstić information content (AvgIpc) is 2.90. The molecule has 0 unspecified atom stereocenters. The lowest BCUT2D eigenvalue weighted by molar-refractivity contribution is -0.130. The van der Waals surface area contributed by atoms with E-state index in [-0.39, 0.29) is 11.7 Å². The van der Waals surface area contributed by atoms with Crippen molar-refractivity contribution in [3.05, 3.63) is 35.6 Å². The van der Waals surface area contributed by atoms with E-state index >= 15 is 0 Å². The van der Waals surface area contributed by atoms with Gasteiger partial charge in [0.2, 0.25) is 5.91 Å². The Morgan fingerprint density at radius 1 is 1.09 bits per heavy atom. The number of halogens is 1. The predicted octanol–water partition coefficient (Wildman–Crippen LogP) is 1.35. The van der Waals surface area contributed by atoms with Crippen molar-refractivity contribution in [3.63, 3.8) is 0 Å². The molecule has 3 rings (SSSR count). The number of hydrogen-bond donors (Lipinski definition) is 2. The molecule has 2 aliphatic rings. The Morgan fingerprint density at radius 3 is 2.18 bits per heavy atom. The van der Waals surface area contributed by atoms with Crippen molar-refractivity contribution in [1.29, 1.82) is 0 Å². The minimum Gasteiger partial charge on any atom is -0.390 e. The predicted molar refractivity (Wildman–Crippen MR) is 79.5 cm³/mol. The molecule has 1 aromatic carbocycles. The molecule has 22 heavy (non-hydrogen) atoms. The maximum Gasteiger partial charge on any atom is 0.222 e. The second kappa shape index (κ2) is 6.34. The van der Waals surface area contributed by atoms with Gasteiger partial charge in [-0.15, -0.1) is 0 Å². The molecule has 1 saturated heterocycles. The van der Waals surface area contributed by atoms with E-state index in [1.165, 1.54) is 12.1 Å². The van der Waals surface area contributed by atoms with Gasteiger partial charge < -0.3 is 15.1 Å². The second-order valence-electron chi connectivity index (χ2n) is 6.55. The number of rotatable bonds is 3. The normalized spacial score (nSPS) is 31.1. The van der Waals surface area contributed by atoms with Crippen molar-refractivity contribution in [2.45, 2.75) is 37.9 Å². The highest BCUT2D eigenvalue weighted by Gasteiger charge is 2.42. The third-order valence-electron chi connectivity index (χ3n) is 5.00. The molecule has 4 nitrogen and oxygen atoms in total. The number of carbonyl (C=O) groups excluding carboxylic acids is 1. The van der Waals surface area contributed by atoms with E-state index in [1.807, 2.05) is 4.90 Å². The van der Waals surface area contributed by atoms with Crippen LogP contribution in [0, 0.1) is 17.7 Å². The molecule has 4 atom stereocenters. The van der Waals surface area contributed by atoms with E-state index in [1.54, 1.807) is 12.1 Å². The first-order valence-electron chi connectivity index (χ1n) is 7.91. The zero-order valence-electron chi connectivity index (χ0n) is 12.5. The Kier molecular flexibility index (Phi) is 4.45. The van der Waals surface area contributed by atoms with Crippen LogP contribution in [-0.4, -0.2) is 46.3 Å². The van der Waals surface area contributed by atoms with Crippen LogP contribution in [0.5, 0.6) is 0 Å². The zero-order chi connectivity index (χ0) is 15.7. The lowest BCUT2D eigenvalue weighted by atomic mass is 9.79. The topological polar surface area (TPSA) is 60.8 Å². The first-order valence-corrected chi connectivity index (χ1v) is 7.91. The molecule has 1 saturated carbocycles. The maximum atomic E-state index is 12.8. The highest BCUT2D eigenvalue weighted by atomic mass is 19.1. The average molecular weight is 307 g/mol. The second-order valence-corrected chi connectivity index (χ2v) is 6.55. The smallest absolute Gasteiger partial charge is 0.222 e. The fraction of sp³-hybridized carbons (Fsp3) is 0.588. The van der Waals surface area contributed by atoms with Gasteiger partial charge in [0.15, 0.2) is 0 Å². The van der Waals surface area contributed by atoms with Crippen LogP contribution < -0.4 is 0 Å². The highest BCUT2D eigenvalue weighted by Crippen LogP contribution is 2.36. The molecule has 1 aliphatic carbocycles. The Hall–Kier alpha value is -1.46. The van der Waals surface area contributed by atoms with Gasteiger partial charge in [0.05, 0.1) is 12.2 Å². The number of carbonyl (C=O) groups is 1. The first-order chi connectivity index (χ1) is 10.5. The number of aliphatic hydroxyl groups excluding tert-OH is 2. The monoisotopic (exact) mass is 307 g/mol. The molecular formula is C17H22FNO3. The summed E-state index contributed by atoms with van der Waals surface area (Å²) in [5.74, 6) is 0.430. The molecule has 0 bridgehead atoms. The first kappa shape index (κ1) is 15.4. The third kappa shape index (κ3) is 3.31. The van der Waals surface area contributed by atoms with Gasteiger partial charge in [0, 0.05) is 19.5 Å². The number of benzene rings is 1. The lowest BCUT2D eigenvalue weighted by Gasteiger charge is -2.31. The van der Waals surface area contributed by atoms with Crippen molar-refractivity contribution in [2.24, 2.45) is 11.8 Å². The molecule has 1 aliphatic heterocycles. The molecule has 0 aromatic heterocycles. The number of aryl methyl sites for hydroxylation is 1. The fourth-order valence-corrected chi connectivity index (χ4v) is 3.67. The summed E-state index contributed by atoms with van der Waals surface area (Å²) < 4.78 is 12.8. The standard InChI is InChI=1S/C17H22FNO3/c18-14-4-1-11(2-5-14)3-6-17(22)19-9-12-7-15(20)16(21)8-13(12)10-19/h1-2,4-5,12-13,15-16,20-21H,3,6-10H2/t12-,13+,15-,16-/m0/s1. The summed E-state index contributed by atoms with van der Waals surface area (Å²) in [4.78, 5) is 14.2. The summed E-state index contributed by atoms with van der Waals surface area (Å²) in [6, 6.07) is 6.23. The molecule has 1 amide bonds. The van der Waals surface area contributed by atoms with E-state index in [2.05, 4.69) is 0 Å². The van der Waals surface area contributed by atoms with E-state index in [0.717, 1.165) is 5.56 Å². The summed E-state index contributed by atoms with van der Waals surface area (Å²) in [5, 5.41) is 19.5. The summed E-state index contributed by atoms with van der Waals surface area (Å²) in [6.45, 7) is 1.35. The van der Waals surface area contributed by atoms with Crippen molar-refractivity contribution >= 4 is 5.91 Å². The number of fused-ring (bicyclic) bond motifs is 1. The molecule has 2 fully saturated rings. The van der Waals surface area contributed by atoms with Gasteiger partial charge >= 0.3 is 0 Å². The Labute approximate surface area is 129 Å². The molecule has 5 heteroatoms. The van der Waals surface area contributed by atoms with Crippen LogP contribution in [0.1, 0.15) is 24.8 Å². The number of hydrogen-bond acceptors (Lipinski definition) is 3. The summed E-state index contributed by atoms with van der Waals surface area (Å²) in [7, 11) is 0. The van der Waals surface area contributed by atoms with Gasteiger partial charge in [-0.3, -0.25) is 4.79 Å². The third-order valence-corrected chi connectivity index (χ3v) is 5.00. The molecule has 120 valence electrons. The van der Waals surface area contributed by atoms with Crippen LogP contribution in [0.15, 0.2) is 24.3 Å². The Morgan fingerprint density at radius 2 is 1.64 bits per heavy atom. The molecule has 2 N–H and O–H groups in total. The zero-order valence-corrected chi connectivity index (χ0v) is 12.5. The van der Waals surface area contributed by atoms with Gasteiger partial charge in [-0.2, -0.15) is 0 Å². The van der Waals surface area contributed by atoms with E-state index < -0.39 is 12.2 Å². The molecule has 1 aromatic rings. The Balaban J connectivity index is 1.52. The van der Waals surface area contributed by atoms with Gasteiger partial charge in [0.25, 0.3) is 0 Å². The fourth-order valence-electron chi connectivity index (χ4n) is 3.67. The number of likely N-dealkylation sites (tertiary alicyclic amines) is 1. The molecule has 0 spiro atoms. The van der Waals surface area contributed by atoms with Crippen molar-refractivity contribution < 1.29 is 19.4 Å². The van der Waals surface area contributed by atoms with Crippen molar-refractivity contribution in [2.75, 3.05) is 13.1 Å². The molecular weight excluding hydrogens is 285 g/mol. The van der Waals surface area contributed by atoms with Crippen LogP contribution in [0.25, 0.3) is 0 Å². The molecule has 0 radical (unpaired) electrons. The number of amides is 1. The molecule has 1 heterocycles. The lowest BCUT2D eigenvalue weighted by Crippen LogP contribution is -2.38. The van der Waals surface area contributed by atoms with E-state index in [4.69, 9.17) is 0 Å². The number of aliphatic hydroxyl groups is 2. The van der Waals surface area contributed by atoms with Gasteiger partial charge in [-0.05, 0) is 48.8 Å². The van der Waals surface area contributed by atoms with Gasteiger partial charge in [-0.1, -0.05) is 12.1 Å². The van der Waals surface area contributed by atoms with Crippen LogP contribution in [0.2, 0.25) is 0 Å². The largest absolute Gasteiger partial charge is 0.390 e. The maximum absolute atomic E-state index is 12.8. The minimum atomic E-state index is -0.657. The quantitative estimate of drug-likeness (QED) is 0.886. The highest BCUT2D eigenvalue weighted by molar-refractivity contribution is 5.76. The number of nitrogens with zero attached hydrogens (tertiary/aromatic N) is 1. The van der Waals surface area contributed by atoms with Gasteiger partial charge in [-0.25, -0.2) is 4.39 Å². The van der Waals surface area contributed by atoms with Crippen LogP contribution in [0.3, 0.4) is 0 Å². The van der Waals surface area contributed by atoms with Crippen molar-refractivity contribution in [1.82, 2.24) is 4.90 Å². The minimum absolute atomic E-state index is 0.0997. The van der Waals surface area contributed by atoms with Crippen molar-refractivity contribution in [3.8, 4) is 0 Å². The Bertz CT molecular complexity index is 515. The van der Waals surface area contributed by atoms with E-state index in [9.17, 15) is 19.4 Å².